The zero-order valence-electron chi connectivity index (χ0n) is 14.3. The van der Waals surface area contributed by atoms with Crippen molar-refractivity contribution < 1.29 is 4.79 Å². The Balaban J connectivity index is 1.56. The second kappa shape index (κ2) is 8.57. The molecule has 0 saturated carbocycles. The highest BCUT2D eigenvalue weighted by Gasteiger charge is 2.11. The number of aromatic nitrogens is 4. The summed E-state index contributed by atoms with van der Waals surface area (Å²) in [5.74, 6) is 1.17. The van der Waals surface area contributed by atoms with E-state index in [0.717, 1.165) is 11.3 Å². The number of hydrogen-bond donors (Lipinski definition) is 3. The Morgan fingerprint density at radius 2 is 2.12 bits per heavy atom. The van der Waals surface area contributed by atoms with Crippen molar-refractivity contribution >= 4 is 11.6 Å². The summed E-state index contributed by atoms with van der Waals surface area (Å²) >= 11 is 0. The first-order valence-corrected chi connectivity index (χ1v) is 8.31. The first-order chi connectivity index (χ1) is 12.8. The van der Waals surface area contributed by atoms with Crippen LogP contribution in [-0.2, 0) is 6.42 Å². The molecule has 1 amide bonds. The fourth-order valence-corrected chi connectivity index (χ4v) is 2.44. The van der Waals surface area contributed by atoms with Gasteiger partial charge in [-0.25, -0.2) is 4.98 Å². The summed E-state index contributed by atoms with van der Waals surface area (Å²) in [5, 5.41) is 13.1. The number of nitrogens with zero attached hydrogens (tertiary/aromatic N) is 3. The fraction of sp³-hybridized carbons (Fsp3) is 0.158. The Kier molecular flexibility index (Phi) is 5.72. The van der Waals surface area contributed by atoms with Crippen molar-refractivity contribution in [2.24, 2.45) is 0 Å². The Bertz CT molecular complexity index is 875. The number of amides is 1. The Morgan fingerprint density at radius 3 is 2.92 bits per heavy atom. The molecule has 0 radical (unpaired) electrons. The van der Waals surface area contributed by atoms with Crippen LogP contribution in [0, 0.1) is 0 Å². The number of benzene rings is 1. The van der Waals surface area contributed by atoms with E-state index in [1.807, 2.05) is 30.3 Å². The molecule has 0 spiro atoms. The third kappa shape index (κ3) is 4.32. The fourth-order valence-electron chi connectivity index (χ4n) is 2.44. The van der Waals surface area contributed by atoms with Gasteiger partial charge in [0.15, 0.2) is 5.82 Å². The molecule has 0 unspecified atom stereocenters. The van der Waals surface area contributed by atoms with Crippen LogP contribution in [0.25, 0.3) is 11.4 Å². The molecule has 0 saturated heterocycles. The minimum Gasteiger partial charge on any atom is -0.381 e. The number of hydrogen-bond acceptors (Lipinski definition) is 5. The minimum atomic E-state index is -0.135. The van der Waals surface area contributed by atoms with Crippen LogP contribution in [-0.4, -0.2) is 39.2 Å². The number of rotatable bonds is 8. The van der Waals surface area contributed by atoms with Crippen LogP contribution in [0.15, 0.2) is 61.4 Å². The van der Waals surface area contributed by atoms with Crippen molar-refractivity contribution in [3.8, 4) is 11.4 Å². The van der Waals surface area contributed by atoms with Gasteiger partial charge in [0.1, 0.15) is 5.82 Å². The maximum Gasteiger partial charge on any atom is 0.253 e. The van der Waals surface area contributed by atoms with Crippen molar-refractivity contribution in [2.45, 2.75) is 6.42 Å². The molecule has 2 aromatic heterocycles. The molecule has 0 fully saturated rings. The largest absolute Gasteiger partial charge is 0.381 e. The molecule has 132 valence electrons. The smallest absolute Gasteiger partial charge is 0.253 e. The van der Waals surface area contributed by atoms with Crippen LogP contribution in [0.3, 0.4) is 0 Å². The molecule has 0 bridgehead atoms. The molecule has 0 aliphatic rings. The van der Waals surface area contributed by atoms with Crippen molar-refractivity contribution in [1.29, 1.82) is 0 Å². The summed E-state index contributed by atoms with van der Waals surface area (Å²) in [7, 11) is 0. The Morgan fingerprint density at radius 1 is 1.23 bits per heavy atom. The van der Waals surface area contributed by atoms with Gasteiger partial charge in [-0.2, -0.15) is 5.10 Å². The molecule has 3 N–H and O–H groups in total. The number of H-pyrrole nitrogens is 1. The second-order valence-electron chi connectivity index (χ2n) is 5.57. The number of para-hydroxylation sites is 1. The zero-order chi connectivity index (χ0) is 18.2. The van der Waals surface area contributed by atoms with Gasteiger partial charge in [0, 0.05) is 43.2 Å². The number of carbonyl (C=O) groups is 1. The maximum absolute atomic E-state index is 12.4. The minimum absolute atomic E-state index is 0.135. The highest BCUT2D eigenvalue weighted by molar-refractivity contribution is 5.99. The number of pyridine rings is 1. The van der Waals surface area contributed by atoms with E-state index < -0.39 is 0 Å². The average molecular weight is 348 g/mol. The molecule has 0 atom stereocenters. The van der Waals surface area contributed by atoms with E-state index >= 15 is 0 Å². The van der Waals surface area contributed by atoms with Crippen molar-refractivity contribution in [1.82, 2.24) is 25.5 Å². The summed E-state index contributed by atoms with van der Waals surface area (Å²) < 4.78 is 0. The number of nitrogens with one attached hydrogen (secondary N) is 3. The number of aromatic amines is 1. The number of carbonyl (C=O) groups excluding carboxylic acids is 1. The SMILES string of the molecule is C=CCNc1ccccc1C(=O)NCCc1nc(-c2cccnc2)n[nH]1. The van der Waals surface area contributed by atoms with E-state index in [4.69, 9.17) is 0 Å². The molecule has 0 aliphatic carbocycles. The molecule has 3 rings (SSSR count). The van der Waals surface area contributed by atoms with Crippen molar-refractivity contribution in [3.05, 3.63) is 72.8 Å². The van der Waals surface area contributed by atoms with Gasteiger partial charge in [-0.1, -0.05) is 18.2 Å². The van der Waals surface area contributed by atoms with Crippen LogP contribution in [0.2, 0.25) is 0 Å². The van der Waals surface area contributed by atoms with Crippen molar-refractivity contribution in [3.63, 3.8) is 0 Å². The van der Waals surface area contributed by atoms with E-state index in [1.165, 1.54) is 0 Å². The van der Waals surface area contributed by atoms with Crippen molar-refractivity contribution in [2.75, 3.05) is 18.4 Å². The van der Waals surface area contributed by atoms with E-state index in [1.54, 1.807) is 24.5 Å². The average Bonchev–Trinajstić information content (AvgIpc) is 3.16. The predicted molar refractivity (Wildman–Crippen MR) is 101 cm³/mol. The lowest BCUT2D eigenvalue weighted by Crippen LogP contribution is -2.26. The first-order valence-electron chi connectivity index (χ1n) is 8.31. The summed E-state index contributed by atoms with van der Waals surface area (Å²) in [6.07, 6.45) is 5.72. The quantitative estimate of drug-likeness (QED) is 0.544. The highest BCUT2D eigenvalue weighted by Crippen LogP contribution is 2.15. The normalized spacial score (nSPS) is 10.3. The molecule has 1 aromatic carbocycles. The van der Waals surface area contributed by atoms with Gasteiger partial charge in [0.05, 0.1) is 5.56 Å². The summed E-state index contributed by atoms with van der Waals surface area (Å²) in [5.41, 5.74) is 2.23. The molecular formula is C19H20N6O. The second-order valence-corrected chi connectivity index (χ2v) is 5.57. The van der Waals surface area contributed by atoms with E-state index in [2.05, 4.69) is 37.4 Å². The zero-order valence-corrected chi connectivity index (χ0v) is 14.3. The molecule has 7 nitrogen and oxygen atoms in total. The molecule has 3 aromatic rings. The lowest BCUT2D eigenvalue weighted by atomic mass is 10.1. The van der Waals surface area contributed by atoms with Gasteiger partial charge >= 0.3 is 0 Å². The molecule has 2 heterocycles. The molecule has 7 heteroatoms. The topological polar surface area (TPSA) is 95.6 Å². The van der Waals surface area contributed by atoms with Crippen LogP contribution >= 0.6 is 0 Å². The van der Waals surface area contributed by atoms with Crippen LogP contribution in [0.5, 0.6) is 0 Å². The third-order valence-electron chi connectivity index (χ3n) is 3.71. The highest BCUT2D eigenvalue weighted by atomic mass is 16.1. The third-order valence-corrected chi connectivity index (χ3v) is 3.71. The van der Waals surface area contributed by atoms with E-state index in [-0.39, 0.29) is 5.91 Å². The lowest BCUT2D eigenvalue weighted by molar-refractivity contribution is 0.0955. The van der Waals surface area contributed by atoms with Gasteiger partial charge in [-0.3, -0.25) is 14.9 Å². The molecule has 0 aliphatic heterocycles. The standard InChI is InChI=1S/C19H20N6O/c1-2-10-21-16-8-4-3-7-15(16)19(26)22-12-9-17-23-18(25-24-17)14-6-5-11-20-13-14/h2-8,11,13,21H,1,9-10,12H2,(H,22,26)(H,23,24,25). The monoisotopic (exact) mass is 348 g/mol. The Labute approximate surface area is 151 Å². The lowest BCUT2D eigenvalue weighted by Gasteiger charge is -2.10. The van der Waals surface area contributed by atoms with Crippen LogP contribution < -0.4 is 10.6 Å². The summed E-state index contributed by atoms with van der Waals surface area (Å²) in [6.45, 7) is 4.73. The van der Waals surface area contributed by atoms with Crippen LogP contribution in [0.4, 0.5) is 5.69 Å². The van der Waals surface area contributed by atoms with E-state index in [9.17, 15) is 4.79 Å². The molecular weight excluding hydrogens is 328 g/mol. The maximum atomic E-state index is 12.4. The van der Waals surface area contributed by atoms with Gasteiger partial charge in [0.25, 0.3) is 5.91 Å². The van der Waals surface area contributed by atoms with Gasteiger partial charge in [0.2, 0.25) is 0 Å². The van der Waals surface area contributed by atoms with E-state index in [0.29, 0.717) is 36.7 Å². The summed E-state index contributed by atoms with van der Waals surface area (Å²) in [6, 6.07) is 11.1. The molecule has 26 heavy (non-hydrogen) atoms. The van der Waals surface area contributed by atoms with Gasteiger partial charge in [-0.15, -0.1) is 6.58 Å². The summed E-state index contributed by atoms with van der Waals surface area (Å²) in [4.78, 5) is 20.9. The van der Waals surface area contributed by atoms with Gasteiger partial charge in [-0.05, 0) is 24.3 Å². The predicted octanol–water partition coefficient (Wildman–Crippen LogP) is 2.44. The first kappa shape index (κ1) is 17.3. The van der Waals surface area contributed by atoms with Gasteiger partial charge < -0.3 is 10.6 Å². The van der Waals surface area contributed by atoms with Crippen LogP contribution in [0.1, 0.15) is 16.2 Å². The number of anilines is 1. The Hall–Kier alpha value is -3.48.